The molecular formula is C16H26N2O2. The monoisotopic (exact) mass is 278 g/mol. The third kappa shape index (κ3) is 2.28. The lowest BCUT2D eigenvalue weighted by Crippen LogP contribution is -2.51. The van der Waals surface area contributed by atoms with Crippen molar-refractivity contribution < 1.29 is 9.59 Å². The zero-order valence-corrected chi connectivity index (χ0v) is 12.3. The molecule has 0 radical (unpaired) electrons. The van der Waals surface area contributed by atoms with Gasteiger partial charge < -0.3 is 5.73 Å². The summed E-state index contributed by atoms with van der Waals surface area (Å²) in [7, 11) is 0. The number of rotatable bonds is 1. The molecule has 20 heavy (non-hydrogen) atoms. The topological polar surface area (TPSA) is 63.4 Å². The van der Waals surface area contributed by atoms with Gasteiger partial charge in [0.15, 0.2) is 0 Å². The lowest BCUT2D eigenvalue weighted by atomic mass is 9.73. The number of nitrogens with two attached hydrogens (primary N) is 1. The molecule has 2 N–H and O–H groups in total. The van der Waals surface area contributed by atoms with Gasteiger partial charge in [-0.15, -0.1) is 0 Å². The number of hydrogen-bond donors (Lipinski definition) is 1. The summed E-state index contributed by atoms with van der Waals surface area (Å²) in [4.78, 5) is 26.9. The van der Waals surface area contributed by atoms with Gasteiger partial charge in [0.05, 0.1) is 11.5 Å². The number of amides is 2. The predicted octanol–water partition coefficient (Wildman–Crippen LogP) is 2.36. The van der Waals surface area contributed by atoms with Gasteiger partial charge in [-0.05, 0) is 25.7 Å². The highest BCUT2D eigenvalue weighted by molar-refractivity contribution is 6.06. The van der Waals surface area contributed by atoms with E-state index in [2.05, 4.69) is 0 Å². The molecule has 3 fully saturated rings. The van der Waals surface area contributed by atoms with Crippen LogP contribution < -0.4 is 5.73 Å². The Morgan fingerprint density at radius 1 is 0.950 bits per heavy atom. The molecule has 112 valence electrons. The minimum Gasteiger partial charge on any atom is -0.326 e. The van der Waals surface area contributed by atoms with Crippen molar-refractivity contribution in [1.82, 2.24) is 4.90 Å². The largest absolute Gasteiger partial charge is 0.326 e. The summed E-state index contributed by atoms with van der Waals surface area (Å²) in [6.07, 6.45) is 10.8. The molecule has 1 saturated heterocycles. The van der Waals surface area contributed by atoms with Crippen molar-refractivity contribution in [1.29, 1.82) is 0 Å². The molecule has 0 bridgehead atoms. The van der Waals surface area contributed by atoms with Crippen molar-refractivity contribution in [2.75, 3.05) is 0 Å². The number of nitrogens with zero attached hydrogens (tertiary/aromatic N) is 1. The minimum absolute atomic E-state index is 0.0239. The number of carbonyl (C=O) groups is 2. The molecule has 3 aliphatic rings. The number of likely N-dealkylation sites (tertiary alicyclic amines) is 1. The third-order valence-corrected chi connectivity index (χ3v) is 5.60. The van der Waals surface area contributed by atoms with Gasteiger partial charge in [-0.3, -0.25) is 14.5 Å². The third-order valence-electron chi connectivity index (χ3n) is 5.60. The molecule has 4 heteroatoms. The SMILES string of the molecule is NC1CCCCCC1N1C(=O)CC2(CCCCC2)C1=O. The highest BCUT2D eigenvalue weighted by Gasteiger charge is 2.53. The van der Waals surface area contributed by atoms with Gasteiger partial charge in [0.1, 0.15) is 0 Å². The first-order valence-corrected chi connectivity index (χ1v) is 8.26. The number of imide groups is 1. The van der Waals surface area contributed by atoms with Gasteiger partial charge in [-0.25, -0.2) is 0 Å². The van der Waals surface area contributed by atoms with Crippen LogP contribution in [0.15, 0.2) is 0 Å². The van der Waals surface area contributed by atoms with E-state index < -0.39 is 0 Å². The van der Waals surface area contributed by atoms with Gasteiger partial charge in [0.25, 0.3) is 0 Å². The molecule has 0 aromatic carbocycles. The second-order valence-electron chi connectivity index (χ2n) is 6.96. The van der Waals surface area contributed by atoms with Gasteiger partial charge in [-0.1, -0.05) is 38.5 Å². The van der Waals surface area contributed by atoms with E-state index in [-0.39, 0.29) is 29.3 Å². The van der Waals surface area contributed by atoms with E-state index in [9.17, 15) is 9.59 Å². The van der Waals surface area contributed by atoms with Crippen LogP contribution in [0.3, 0.4) is 0 Å². The van der Waals surface area contributed by atoms with Crippen LogP contribution in [0.2, 0.25) is 0 Å². The Labute approximate surface area is 121 Å². The molecule has 2 aliphatic carbocycles. The first-order chi connectivity index (χ1) is 9.64. The number of carbonyl (C=O) groups excluding carboxylic acids is 2. The summed E-state index contributed by atoms with van der Waals surface area (Å²) >= 11 is 0. The maximum atomic E-state index is 12.9. The van der Waals surface area contributed by atoms with Crippen LogP contribution in [0, 0.1) is 5.41 Å². The molecule has 2 unspecified atom stereocenters. The number of hydrogen-bond acceptors (Lipinski definition) is 3. The first-order valence-electron chi connectivity index (χ1n) is 8.26. The van der Waals surface area contributed by atoms with E-state index >= 15 is 0 Å². The Kier molecular flexibility index (Phi) is 3.85. The summed E-state index contributed by atoms with van der Waals surface area (Å²) in [5.41, 5.74) is 5.90. The molecule has 2 saturated carbocycles. The minimum atomic E-state index is -0.360. The Hall–Kier alpha value is -0.900. The van der Waals surface area contributed by atoms with Crippen LogP contribution >= 0.6 is 0 Å². The molecule has 2 atom stereocenters. The smallest absolute Gasteiger partial charge is 0.236 e. The Balaban J connectivity index is 1.82. The van der Waals surface area contributed by atoms with E-state index in [1.54, 1.807) is 4.90 Å². The molecule has 0 aromatic rings. The highest BCUT2D eigenvalue weighted by atomic mass is 16.2. The van der Waals surface area contributed by atoms with Crippen LogP contribution in [0.5, 0.6) is 0 Å². The molecule has 0 aromatic heterocycles. The van der Waals surface area contributed by atoms with E-state index in [1.807, 2.05) is 0 Å². The van der Waals surface area contributed by atoms with Crippen LogP contribution in [0.25, 0.3) is 0 Å². The fourth-order valence-electron chi connectivity index (χ4n) is 4.41. The standard InChI is InChI=1S/C16H26N2O2/c17-12-7-3-1-4-8-13(12)18-14(19)11-16(15(18)20)9-5-2-6-10-16/h12-13H,1-11,17H2. The summed E-state index contributed by atoms with van der Waals surface area (Å²) in [5, 5.41) is 0. The van der Waals surface area contributed by atoms with Crippen LogP contribution in [0.1, 0.15) is 70.6 Å². The molecule has 4 nitrogen and oxygen atoms in total. The molecule has 1 spiro atoms. The van der Waals surface area contributed by atoms with Gasteiger partial charge in [0, 0.05) is 12.5 Å². The second-order valence-corrected chi connectivity index (χ2v) is 6.96. The van der Waals surface area contributed by atoms with Crippen molar-refractivity contribution in [2.45, 2.75) is 82.7 Å². The van der Waals surface area contributed by atoms with Crippen molar-refractivity contribution in [3.8, 4) is 0 Å². The normalized spacial score (nSPS) is 34.5. The van der Waals surface area contributed by atoms with E-state index in [4.69, 9.17) is 5.73 Å². The summed E-state index contributed by atoms with van der Waals surface area (Å²) in [6.45, 7) is 0. The molecule has 1 heterocycles. The van der Waals surface area contributed by atoms with Gasteiger partial charge in [0.2, 0.25) is 11.8 Å². The van der Waals surface area contributed by atoms with Gasteiger partial charge in [-0.2, -0.15) is 0 Å². The quantitative estimate of drug-likeness (QED) is 0.591. The molecule has 1 aliphatic heterocycles. The van der Waals surface area contributed by atoms with Gasteiger partial charge >= 0.3 is 0 Å². The highest BCUT2D eigenvalue weighted by Crippen LogP contribution is 2.46. The van der Waals surface area contributed by atoms with Crippen molar-refractivity contribution in [2.24, 2.45) is 11.1 Å². The van der Waals surface area contributed by atoms with E-state index in [0.29, 0.717) is 6.42 Å². The zero-order chi connectivity index (χ0) is 14.2. The fraction of sp³-hybridized carbons (Fsp3) is 0.875. The van der Waals surface area contributed by atoms with E-state index in [0.717, 1.165) is 51.4 Å². The summed E-state index contributed by atoms with van der Waals surface area (Å²) in [6, 6.07) is -0.0667. The van der Waals surface area contributed by atoms with Crippen LogP contribution in [-0.4, -0.2) is 28.8 Å². The van der Waals surface area contributed by atoms with Crippen LogP contribution in [0.4, 0.5) is 0 Å². The van der Waals surface area contributed by atoms with E-state index in [1.165, 1.54) is 12.8 Å². The van der Waals surface area contributed by atoms with Crippen molar-refractivity contribution in [3.05, 3.63) is 0 Å². The Morgan fingerprint density at radius 3 is 2.35 bits per heavy atom. The average Bonchev–Trinajstić information content (AvgIpc) is 2.59. The molecular weight excluding hydrogens is 252 g/mol. The van der Waals surface area contributed by atoms with Crippen molar-refractivity contribution >= 4 is 11.8 Å². The maximum Gasteiger partial charge on any atom is 0.236 e. The molecule has 2 amide bonds. The average molecular weight is 278 g/mol. The summed E-state index contributed by atoms with van der Waals surface area (Å²) in [5.74, 6) is 0.142. The lowest BCUT2D eigenvalue weighted by Gasteiger charge is -2.34. The van der Waals surface area contributed by atoms with Crippen LogP contribution in [-0.2, 0) is 9.59 Å². The zero-order valence-electron chi connectivity index (χ0n) is 12.3. The molecule has 3 rings (SSSR count). The maximum absolute atomic E-state index is 12.9. The first kappa shape index (κ1) is 14.1. The lowest BCUT2D eigenvalue weighted by molar-refractivity contribution is -0.145. The van der Waals surface area contributed by atoms with Crippen molar-refractivity contribution in [3.63, 3.8) is 0 Å². The predicted molar refractivity (Wildman–Crippen MR) is 76.8 cm³/mol. The summed E-state index contributed by atoms with van der Waals surface area (Å²) < 4.78 is 0. The second kappa shape index (κ2) is 5.47. The Bertz CT molecular complexity index is 401. The fourth-order valence-corrected chi connectivity index (χ4v) is 4.41. The Morgan fingerprint density at radius 2 is 1.60 bits per heavy atom.